The van der Waals surface area contributed by atoms with Gasteiger partial charge in [0.05, 0.1) is 12.6 Å². The zero-order valence-corrected chi connectivity index (χ0v) is 16.5. The molecule has 1 fully saturated rings. The van der Waals surface area contributed by atoms with Gasteiger partial charge in [-0.25, -0.2) is 0 Å². The molecule has 0 aliphatic carbocycles. The van der Waals surface area contributed by atoms with E-state index in [-0.39, 0.29) is 0 Å². The Bertz CT molecular complexity index is 535. The maximum atomic E-state index is 5.48. The smallest absolute Gasteiger partial charge is 0.193 e. The SMILES string of the molecule is CCc1ccc(C(CNC(=NC)N(C)CC2CCOC2)N(C)C)cc1. The van der Waals surface area contributed by atoms with E-state index >= 15 is 0 Å². The van der Waals surface area contributed by atoms with Crippen molar-refractivity contribution in [2.24, 2.45) is 10.9 Å². The molecule has 2 rings (SSSR count). The highest BCUT2D eigenvalue weighted by molar-refractivity contribution is 5.79. The summed E-state index contributed by atoms with van der Waals surface area (Å²) in [7, 11) is 8.21. The number of hydrogen-bond donors (Lipinski definition) is 1. The molecule has 1 aliphatic heterocycles. The lowest BCUT2D eigenvalue weighted by molar-refractivity contribution is 0.181. The largest absolute Gasteiger partial charge is 0.381 e. The molecule has 1 heterocycles. The number of guanidine groups is 1. The van der Waals surface area contributed by atoms with Crippen molar-refractivity contribution in [3.8, 4) is 0 Å². The fourth-order valence-corrected chi connectivity index (χ4v) is 3.35. The van der Waals surface area contributed by atoms with Crippen LogP contribution in [-0.2, 0) is 11.2 Å². The van der Waals surface area contributed by atoms with E-state index in [1.165, 1.54) is 11.1 Å². The van der Waals surface area contributed by atoms with E-state index in [0.717, 1.165) is 45.1 Å². The van der Waals surface area contributed by atoms with Gasteiger partial charge < -0.3 is 19.9 Å². The van der Waals surface area contributed by atoms with Crippen molar-refractivity contribution in [1.82, 2.24) is 15.1 Å². The van der Waals surface area contributed by atoms with Crippen LogP contribution in [0.1, 0.15) is 30.5 Å². The molecule has 5 nitrogen and oxygen atoms in total. The van der Waals surface area contributed by atoms with Gasteiger partial charge in [0.2, 0.25) is 0 Å². The second-order valence-electron chi connectivity index (χ2n) is 7.11. The first-order valence-electron chi connectivity index (χ1n) is 9.30. The summed E-state index contributed by atoms with van der Waals surface area (Å²) in [4.78, 5) is 8.93. The Hall–Kier alpha value is -1.59. The molecule has 0 saturated carbocycles. The van der Waals surface area contributed by atoms with Crippen LogP contribution < -0.4 is 5.32 Å². The van der Waals surface area contributed by atoms with Crippen LogP contribution in [0.2, 0.25) is 0 Å². The van der Waals surface area contributed by atoms with Crippen molar-refractivity contribution in [2.75, 3.05) is 54.5 Å². The molecule has 0 amide bonds. The van der Waals surface area contributed by atoms with E-state index in [1.807, 2.05) is 7.05 Å². The van der Waals surface area contributed by atoms with Crippen LogP contribution in [0.4, 0.5) is 0 Å². The summed E-state index contributed by atoms with van der Waals surface area (Å²) < 4.78 is 5.48. The lowest BCUT2D eigenvalue weighted by Crippen LogP contribution is -2.44. The zero-order valence-electron chi connectivity index (χ0n) is 16.5. The predicted molar refractivity (Wildman–Crippen MR) is 105 cm³/mol. The monoisotopic (exact) mass is 346 g/mol. The maximum absolute atomic E-state index is 5.48. The lowest BCUT2D eigenvalue weighted by atomic mass is 10.0. The van der Waals surface area contributed by atoms with Crippen molar-refractivity contribution in [3.63, 3.8) is 0 Å². The fourth-order valence-electron chi connectivity index (χ4n) is 3.35. The number of rotatable bonds is 7. The minimum absolute atomic E-state index is 0.311. The summed E-state index contributed by atoms with van der Waals surface area (Å²) in [6.45, 7) is 5.76. The third kappa shape index (κ3) is 5.72. The molecule has 2 atom stereocenters. The van der Waals surface area contributed by atoms with Gasteiger partial charge in [0.15, 0.2) is 5.96 Å². The van der Waals surface area contributed by atoms with E-state index in [0.29, 0.717) is 12.0 Å². The number of ether oxygens (including phenoxy) is 1. The molecule has 0 spiro atoms. The Morgan fingerprint density at radius 1 is 1.28 bits per heavy atom. The Labute approximate surface area is 153 Å². The third-order valence-corrected chi connectivity index (χ3v) is 4.98. The number of aliphatic imine (C=N–C) groups is 1. The fraction of sp³-hybridized carbons (Fsp3) is 0.650. The van der Waals surface area contributed by atoms with Gasteiger partial charge in [0.25, 0.3) is 0 Å². The summed E-state index contributed by atoms with van der Waals surface area (Å²) in [5, 5.41) is 3.55. The third-order valence-electron chi connectivity index (χ3n) is 4.98. The van der Waals surface area contributed by atoms with Gasteiger partial charge in [0, 0.05) is 39.7 Å². The van der Waals surface area contributed by atoms with Crippen LogP contribution in [0.5, 0.6) is 0 Å². The minimum atomic E-state index is 0.311. The number of nitrogens with one attached hydrogen (secondary N) is 1. The van der Waals surface area contributed by atoms with Gasteiger partial charge in [-0.2, -0.15) is 0 Å². The molecule has 0 aromatic heterocycles. The molecule has 2 unspecified atom stereocenters. The van der Waals surface area contributed by atoms with Gasteiger partial charge in [-0.15, -0.1) is 0 Å². The van der Waals surface area contributed by atoms with Crippen LogP contribution in [0.15, 0.2) is 29.3 Å². The van der Waals surface area contributed by atoms with Gasteiger partial charge in [-0.1, -0.05) is 31.2 Å². The number of benzene rings is 1. The standard InChI is InChI=1S/C20H34N4O/c1-6-16-7-9-18(10-8-16)19(23(3)4)13-22-20(21-2)24(5)14-17-11-12-25-15-17/h7-10,17,19H,6,11-15H2,1-5H3,(H,21,22). The molecule has 1 aromatic rings. The lowest BCUT2D eigenvalue weighted by Gasteiger charge is -2.29. The van der Waals surface area contributed by atoms with E-state index in [4.69, 9.17) is 4.74 Å². The highest BCUT2D eigenvalue weighted by atomic mass is 16.5. The minimum Gasteiger partial charge on any atom is -0.381 e. The number of nitrogens with zero attached hydrogens (tertiary/aromatic N) is 3. The van der Waals surface area contributed by atoms with Crippen LogP contribution in [0.25, 0.3) is 0 Å². The summed E-state index contributed by atoms with van der Waals surface area (Å²) in [5.41, 5.74) is 2.71. The van der Waals surface area contributed by atoms with E-state index in [1.54, 1.807) is 0 Å². The second kappa shape index (κ2) is 9.78. The average Bonchev–Trinajstić information content (AvgIpc) is 3.11. The van der Waals surface area contributed by atoms with Crippen LogP contribution in [-0.4, -0.2) is 70.3 Å². The first-order chi connectivity index (χ1) is 12.0. The van der Waals surface area contributed by atoms with Gasteiger partial charge in [-0.05, 0) is 38.1 Å². The Morgan fingerprint density at radius 3 is 2.52 bits per heavy atom. The molecule has 140 valence electrons. The average molecular weight is 347 g/mol. The molecule has 25 heavy (non-hydrogen) atoms. The summed E-state index contributed by atoms with van der Waals surface area (Å²) in [5.74, 6) is 1.55. The van der Waals surface area contributed by atoms with Gasteiger partial charge in [0.1, 0.15) is 0 Å². The first kappa shape index (κ1) is 19.7. The molecule has 1 aliphatic rings. The Morgan fingerprint density at radius 2 is 2.00 bits per heavy atom. The summed E-state index contributed by atoms with van der Waals surface area (Å²) >= 11 is 0. The number of likely N-dealkylation sites (N-methyl/N-ethyl adjacent to an activating group) is 1. The molecule has 1 saturated heterocycles. The van der Waals surface area contributed by atoms with Gasteiger partial charge in [-0.3, -0.25) is 4.99 Å². The molecular formula is C20H34N4O. The van der Waals surface area contributed by atoms with Crippen LogP contribution in [0.3, 0.4) is 0 Å². The van der Waals surface area contributed by atoms with E-state index in [9.17, 15) is 0 Å². The summed E-state index contributed by atoms with van der Waals surface area (Å²) in [6.07, 6.45) is 2.22. The van der Waals surface area contributed by atoms with Crippen molar-refractivity contribution in [1.29, 1.82) is 0 Å². The summed E-state index contributed by atoms with van der Waals surface area (Å²) in [6, 6.07) is 9.26. The topological polar surface area (TPSA) is 40.1 Å². The molecule has 1 N–H and O–H groups in total. The number of aryl methyl sites for hydroxylation is 1. The highest BCUT2D eigenvalue weighted by Crippen LogP contribution is 2.19. The molecule has 1 aromatic carbocycles. The molecule has 0 bridgehead atoms. The second-order valence-corrected chi connectivity index (χ2v) is 7.11. The van der Waals surface area contributed by atoms with Gasteiger partial charge >= 0.3 is 0 Å². The zero-order chi connectivity index (χ0) is 18.2. The normalized spacial score (nSPS) is 19.3. The maximum Gasteiger partial charge on any atom is 0.193 e. The Balaban J connectivity index is 1.95. The van der Waals surface area contributed by atoms with Crippen molar-refractivity contribution >= 4 is 5.96 Å². The van der Waals surface area contributed by atoms with E-state index in [2.05, 4.69) is 72.4 Å². The molecule has 5 heteroatoms. The van der Waals surface area contributed by atoms with Crippen LogP contribution >= 0.6 is 0 Å². The molecule has 0 radical (unpaired) electrons. The number of hydrogen-bond acceptors (Lipinski definition) is 3. The molecular weight excluding hydrogens is 312 g/mol. The van der Waals surface area contributed by atoms with Crippen molar-refractivity contribution < 1.29 is 4.74 Å². The quantitative estimate of drug-likeness (QED) is 0.608. The van der Waals surface area contributed by atoms with E-state index < -0.39 is 0 Å². The first-order valence-corrected chi connectivity index (χ1v) is 9.30. The highest BCUT2D eigenvalue weighted by Gasteiger charge is 2.20. The van der Waals surface area contributed by atoms with Crippen LogP contribution in [0, 0.1) is 5.92 Å². The van der Waals surface area contributed by atoms with Crippen molar-refractivity contribution in [3.05, 3.63) is 35.4 Å². The van der Waals surface area contributed by atoms with Crippen molar-refractivity contribution in [2.45, 2.75) is 25.8 Å². The Kier molecular flexibility index (Phi) is 7.72. The predicted octanol–water partition coefficient (Wildman–Crippen LogP) is 2.40.